The van der Waals surface area contributed by atoms with E-state index < -0.39 is 0 Å². The number of benzene rings is 1. The largest absolute Gasteiger partial charge is 0.327 e. The van der Waals surface area contributed by atoms with E-state index in [-0.39, 0.29) is 0 Å². The van der Waals surface area contributed by atoms with Gasteiger partial charge in [0.05, 0.1) is 0 Å². The number of rotatable bonds is 4. The third-order valence-electron chi connectivity index (χ3n) is 2.90. The van der Waals surface area contributed by atoms with Gasteiger partial charge in [-0.2, -0.15) is 0 Å². The Balaban J connectivity index is 2.23. The van der Waals surface area contributed by atoms with Gasteiger partial charge in [-0.15, -0.1) is 0 Å². The smallest absolute Gasteiger partial charge is 0.135 e. The summed E-state index contributed by atoms with van der Waals surface area (Å²) in [5.41, 5.74) is 2.37. The molecule has 0 fully saturated rings. The first-order valence-electron chi connectivity index (χ1n) is 5.92. The standard InChI is InChI=1S/C15H18N2/c1-12(2)13(3)15-16-9-10-17(15)11-14-7-5-4-6-8-14/h4-10,12H,3,11H2,1-2H3. The van der Waals surface area contributed by atoms with E-state index in [4.69, 9.17) is 0 Å². The second kappa shape index (κ2) is 5.00. The summed E-state index contributed by atoms with van der Waals surface area (Å²) >= 11 is 0. The molecule has 0 saturated heterocycles. The highest BCUT2D eigenvalue weighted by molar-refractivity contribution is 5.59. The first-order chi connectivity index (χ1) is 8.18. The van der Waals surface area contributed by atoms with Crippen LogP contribution in [0.5, 0.6) is 0 Å². The molecule has 0 amide bonds. The molecule has 0 aliphatic rings. The Morgan fingerprint density at radius 1 is 1.29 bits per heavy atom. The molecule has 0 atom stereocenters. The van der Waals surface area contributed by atoms with Crippen LogP contribution in [0.25, 0.3) is 5.57 Å². The van der Waals surface area contributed by atoms with Crippen molar-refractivity contribution in [1.82, 2.24) is 9.55 Å². The SMILES string of the molecule is C=C(c1nccn1Cc1ccccc1)C(C)C. The van der Waals surface area contributed by atoms with Crippen molar-refractivity contribution in [1.29, 1.82) is 0 Å². The fourth-order valence-electron chi connectivity index (χ4n) is 1.76. The molecule has 2 nitrogen and oxygen atoms in total. The van der Waals surface area contributed by atoms with Gasteiger partial charge in [0, 0.05) is 18.9 Å². The van der Waals surface area contributed by atoms with Gasteiger partial charge < -0.3 is 4.57 Å². The van der Waals surface area contributed by atoms with Crippen molar-refractivity contribution in [3.8, 4) is 0 Å². The Kier molecular flexibility index (Phi) is 3.43. The molecule has 2 heteroatoms. The molecule has 2 aromatic rings. The predicted octanol–water partition coefficient (Wildman–Crippen LogP) is 3.60. The molecule has 0 spiro atoms. The van der Waals surface area contributed by atoms with Gasteiger partial charge >= 0.3 is 0 Å². The zero-order valence-corrected chi connectivity index (χ0v) is 10.4. The Morgan fingerprint density at radius 2 is 2.00 bits per heavy atom. The third kappa shape index (κ3) is 2.64. The van der Waals surface area contributed by atoms with Gasteiger partial charge in [-0.25, -0.2) is 4.98 Å². The lowest BCUT2D eigenvalue weighted by Crippen LogP contribution is -2.06. The maximum atomic E-state index is 4.40. The van der Waals surface area contributed by atoms with E-state index >= 15 is 0 Å². The van der Waals surface area contributed by atoms with Gasteiger partial charge in [0.25, 0.3) is 0 Å². The molecule has 88 valence electrons. The number of hydrogen-bond acceptors (Lipinski definition) is 1. The molecule has 1 heterocycles. The molecule has 0 aliphatic carbocycles. The van der Waals surface area contributed by atoms with Crippen LogP contribution in [-0.2, 0) is 6.54 Å². The van der Waals surface area contributed by atoms with Gasteiger partial charge in [-0.3, -0.25) is 0 Å². The Hall–Kier alpha value is -1.83. The van der Waals surface area contributed by atoms with Crippen molar-refractivity contribution in [2.24, 2.45) is 5.92 Å². The quantitative estimate of drug-likeness (QED) is 0.779. The molecule has 17 heavy (non-hydrogen) atoms. The van der Waals surface area contributed by atoms with E-state index in [0.717, 1.165) is 17.9 Å². The highest BCUT2D eigenvalue weighted by atomic mass is 15.1. The zero-order chi connectivity index (χ0) is 12.3. The molecule has 0 unspecified atom stereocenters. The van der Waals surface area contributed by atoms with Crippen LogP contribution < -0.4 is 0 Å². The fourth-order valence-corrected chi connectivity index (χ4v) is 1.76. The minimum Gasteiger partial charge on any atom is -0.327 e. The van der Waals surface area contributed by atoms with Crippen LogP contribution in [0.3, 0.4) is 0 Å². The van der Waals surface area contributed by atoms with Gasteiger partial charge in [0.1, 0.15) is 5.82 Å². The average molecular weight is 226 g/mol. The summed E-state index contributed by atoms with van der Waals surface area (Å²) in [6, 6.07) is 10.4. The normalized spacial score (nSPS) is 10.8. The molecular weight excluding hydrogens is 208 g/mol. The molecule has 1 aromatic heterocycles. The van der Waals surface area contributed by atoms with Gasteiger partial charge in [-0.1, -0.05) is 50.8 Å². The topological polar surface area (TPSA) is 17.8 Å². The second-order valence-corrected chi connectivity index (χ2v) is 4.54. The molecule has 2 rings (SSSR count). The van der Waals surface area contributed by atoms with Crippen LogP contribution in [0.2, 0.25) is 0 Å². The molecule has 0 saturated carbocycles. The summed E-state index contributed by atoms with van der Waals surface area (Å²) in [7, 11) is 0. The lowest BCUT2D eigenvalue weighted by Gasteiger charge is -2.12. The zero-order valence-electron chi connectivity index (χ0n) is 10.4. The number of hydrogen-bond donors (Lipinski definition) is 0. The monoisotopic (exact) mass is 226 g/mol. The predicted molar refractivity (Wildman–Crippen MR) is 71.6 cm³/mol. The van der Waals surface area contributed by atoms with Crippen LogP contribution in [-0.4, -0.2) is 9.55 Å². The van der Waals surface area contributed by atoms with Crippen LogP contribution in [0.4, 0.5) is 0 Å². The third-order valence-corrected chi connectivity index (χ3v) is 2.90. The molecular formula is C15H18N2. The maximum Gasteiger partial charge on any atom is 0.135 e. The summed E-state index contributed by atoms with van der Waals surface area (Å²) in [6.07, 6.45) is 3.85. The van der Waals surface area contributed by atoms with E-state index in [1.165, 1.54) is 5.56 Å². The fraction of sp³-hybridized carbons (Fsp3) is 0.267. The molecule has 0 aliphatic heterocycles. The summed E-state index contributed by atoms with van der Waals surface area (Å²) in [5.74, 6) is 1.41. The number of nitrogens with zero attached hydrogens (tertiary/aromatic N) is 2. The molecule has 0 N–H and O–H groups in total. The number of allylic oxidation sites excluding steroid dienone is 1. The van der Waals surface area contributed by atoms with E-state index in [1.807, 2.05) is 18.5 Å². The average Bonchev–Trinajstić information content (AvgIpc) is 2.77. The van der Waals surface area contributed by atoms with Crippen LogP contribution >= 0.6 is 0 Å². The number of imidazole rings is 1. The highest BCUT2D eigenvalue weighted by Crippen LogP contribution is 2.19. The number of aromatic nitrogens is 2. The van der Waals surface area contributed by atoms with Crippen molar-refractivity contribution < 1.29 is 0 Å². The van der Waals surface area contributed by atoms with Crippen LogP contribution in [0.15, 0.2) is 49.3 Å². The lowest BCUT2D eigenvalue weighted by molar-refractivity contribution is 0.754. The first-order valence-corrected chi connectivity index (χ1v) is 5.92. The van der Waals surface area contributed by atoms with Crippen molar-refractivity contribution >= 4 is 5.57 Å². The Bertz CT molecular complexity index is 495. The minimum absolute atomic E-state index is 0.423. The van der Waals surface area contributed by atoms with Crippen LogP contribution in [0, 0.1) is 5.92 Å². The second-order valence-electron chi connectivity index (χ2n) is 4.54. The van der Waals surface area contributed by atoms with E-state index in [1.54, 1.807) is 0 Å². The molecule has 1 aromatic carbocycles. The maximum absolute atomic E-state index is 4.40. The van der Waals surface area contributed by atoms with E-state index in [2.05, 4.69) is 54.2 Å². The lowest BCUT2D eigenvalue weighted by atomic mass is 10.0. The minimum atomic E-state index is 0.423. The van der Waals surface area contributed by atoms with Crippen molar-refractivity contribution in [2.45, 2.75) is 20.4 Å². The highest BCUT2D eigenvalue weighted by Gasteiger charge is 2.10. The van der Waals surface area contributed by atoms with Crippen LogP contribution in [0.1, 0.15) is 25.2 Å². The van der Waals surface area contributed by atoms with Crippen molar-refractivity contribution in [3.05, 3.63) is 60.7 Å². The summed E-state index contributed by atoms with van der Waals surface area (Å²) < 4.78 is 2.15. The summed E-state index contributed by atoms with van der Waals surface area (Å²) in [5, 5.41) is 0. The van der Waals surface area contributed by atoms with E-state index in [9.17, 15) is 0 Å². The van der Waals surface area contributed by atoms with Gasteiger partial charge in [0.2, 0.25) is 0 Å². The van der Waals surface area contributed by atoms with Crippen molar-refractivity contribution in [2.75, 3.05) is 0 Å². The molecule has 0 bridgehead atoms. The first kappa shape index (κ1) is 11.6. The van der Waals surface area contributed by atoms with Gasteiger partial charge in [-0.05, 0) is 17.1 Å². The molecule has 0 radical (unpaired) electrons. The van der Waals surface area contributed by atoms with Gasteiger partial charge in [0.15, 0.2) is 0 Å². The van der Waals surface area contributed by atoms with E-state index in [0.29, 0.717) is 5.92 Å². The Morgan fingerprint density at radius 3 is 2.65 bits per heavy atom. The van der Waals surface area contributed by atoms with Crippen molar-refractivity contribution in [3.63, 3.8) is 0 Å². The Labute approximate surface area is 103 Å². The summed E-state index contributed by atoms with van der Waals surface area (Å²) in [6.45, 7) is 9.25. The summed E-state index contributed by atoms with van der Waals surface area (Å²) in [4.78, 5) is 4.40.